The van der Waals surface area contributed by atoms with Gasteiger partial charge in [0.05, 0.1) is 6.04 Å². The molecule has 2 heterocycles. The van der Waals surface area contributed by atoms with Crippen LogP contribution in [0.4, 0.5) is 9.18 Å². The summed E-state index contributed by atoms with van der Waals surface area (Å²) in [4.78, 5) is 40.6. The molecule has 1 saturated heterocycles. The van der Waals surface area contributed by atoms with Crippen molar-refractivity contribution in [1.82, 2.24) is 15.5 Å². The Balaban J connectivity index is 1.54. The standard InChI is InChI=1S/C24H22FN3O3S/c1-2-24(17-7-4-3-5-8-17)22(30)28(23(31)27-24)15-20(29)26-21(19-9-6-14-32-19)16-10-12-18(25)13-11-16/h3-14,21H,2,15H2,1H3,(H,26,29)(H,27,31)/t21-,24+/m1/s1. The van der Waals surface area contributed by atoms with E-state index in [2.05, 4.69) is 10.6 Å². The second-order valence-corrected chi connectivity index (χ2v) is 8.49. The number of carbonyl (C=O) groups excluding carboxylic acids is 3. The summed E-state index contributed by atoms with van der Waals surface area (Å²) in [7, 11) is 0. The van der Waals surface area contributed by atoms with Gasteiger partial charge in [0.2, 0.25) is 5.91 Å². The van der Waals surface area contributed by atoms with Gasteiger partial charge >= 0.3 is 6.03 Å². The van der Waals surface area contributed by atoms with Crippen molar-refractivity contribution in [2.45, 2.75) is 24.9 Å². The minimum atomic E-state index is -1.19. The van der Waals surface area contributed by atoms with Crippen molar-refractivity contribution in [1.29, 1.82) is 0 Å². The van der Waals surface area contributed by atoms with E-state index in [4.69, 9.17) is 0 Å². The Hall–Kier alpha value is -3.52. The van der Waals surface area contributed by atoms with Crippen LogP contribution in [0.2, 0.25) is 0 Å². The molecule has 3 aromatic rings. The minimum absolute atomic E-state index is 0.354. The van der Waals surface area contributed by atoms with Gasteiger partial charge in [-0.3, -0.25) is 14.5 Å². The van der Waals surface area contributed by atoms with Gasteiger partial charge in [0, 0.05) is 4.88 Å². The summed E-state index contributed by atoms with van der Waals surface area (Å²) in [6.45, 7) is 1.40. The first kappa shape index (κ1) is 21.7. The van der Waals surface area contributed by atoms with Gasteiger partial charge in [-0.1, -0.05) is 55.5 Å². The average molecular weight is 452 g/mol. The quantitative estimate of drug-likeness (QED) is 0.534. The van der Waals surface area contributed by atoms with E-state index in [1.54, 1.807) is 36.4 Å². The van der Waals surface area contributed by atoms with Crippen LogP contribution >= 0.6 is 11.3 Å². The summed E-state index contributed by atoms with van der Waals surface area (Å²) < 4.78 is 13.4. The number of carbonyl (C=O) groups is 3. The van der Waals surface area contributed by atoms with Crippen molar-refractivity contribution in [3.8, 4) is 0 Å². The summed E-state index contributed by atoms with van der Waals surface area (Å²) in [5.74, 6) is -1.32. The zero-order valence-electron chi connectivity index (χ0n) is 17.4. The summed E-state index contributed by atoms with van der Waals surface area (Å²) in [5, 5.41) is 7.54. The lowest BCUT2D eigenvalue weighted by Crippen LogP contribution is -2.45. The number of hydrogen-bond donors (Lipinski definition) is 2. The predicted octanol–water partition coefficient (Wildman–Crippen LogP) is 3.95. The van der Waals surface area contributed by atoms with E-state index in [1.807, 2.05) is 30.5 Å². The topological polar surface area (TPSA) is 78.5 Å². The van der Waals surface area contributed by atoms with Crippen LogP contribution in [0.15, 0.2) is 72.1 Å². The van der Waals surface area contributed by atoms with Gasteiger partial charge in [-0.15, -0.1) is 11.3 Å². The van der Waals surface area contributed by atoms with Crippen LogP contribution in [0, 0.1) is 5.82 Å². The number of benzene rings is 2. The molecule has 0 radical (unpaired) electrons. The highest BCUT2D eigenvalue weighted by molar-refractivity contribution is 7.10. The van der Waals surface area contributed by atoms with Crippen LogP contribution in [0.3, 0.4) is 0 Å². The molecule has 32 heavy (non-hydrogen) atoms. The molecular formula is C24H22FN3O3S. The minimum Gasteiger partial charge on any atom is -0.343 e. The highest BCUT2D eigenvalue weighted by atomic mass is 32.1. The summed E-state index contributed by atoms with van der Waals surface area (Å²) in [6.07, 6.45) is 0.354. The first-order valence-electron chi connectivity index (χ1n) is 10.2. The Morgan fingerprint density at radius 1 is 1.09 bits per heavy atom. The van der Waals surface area contributed by atoms with Crippen LogP contribution in [0.25, 0.3) is 0 Å². The Labute approximate surface area is 189 Å². The molecule has 1 fully saturated rings. The van der Waals surface area contributed by atoms with Gasteiger partial charge in [-0.05, 0) is 41.1 Å². The normalized spacial score (nSPS) is 19.0. The Morgan fingerprint density at radius 3 is 2.44 bits per heavy atom. The third kappa shape index (κ3) is 4.01. The number of amides is 4. The fraction of sp³-hybridized carbons (Fsp3) is 0.208. The largest absolute Gasteiger partial charge is 0.343 e. The fourth-order valence-electron chi connectivity index (χ4n) is 3.91. The van der Waals surface area contributed by atoms with E-state index in [-0.39, 0.29) is 5.82 Å². The van der Waals surface area contributed by atoms with Gasteiger partial charge in [-0.2, -0.15) is 0 Å². The third-order valence-corrected chi connectivity index (χ3v) is 6.55. The van der Waals surface area contributed by atoms with Crippen molar-refractivity contribution < 1.29 is 18.8 Å². The zero-order valence-corrected chi connectivity index (χ0v) is 18.2. The molecule has 2 atom stereocenters. The number of imide groups is 1. The van der Waals surface area contributed by atoms with Crippen molar-refractivity contribution >= 4 is 29.2 Å². The first-order valence-corrected chi connectivity index (χ1v) is 11.1. The summed E-state index contributed by atoms with van der Waals surface area (Å²) in [5.41, 5.74) is 0.182. The first-order chi connectivity index (χ1) is 15.4. The second-order valence-electron chi connectivity index (χ2n) is 7.51. The van der Waals surface area contributed by atoms with Crippen molar-refractivity contribution in [3.05, 3.63) is 93.9 Å². The molecule has 8 heteroatoms. The molecule has 0 aliphatic carbocycles. The number of nitrogens with one attached hydrogen (secondary N) is 2. The number of urea groups is 1. The average Bonchev–Trinajstić information content (AvgIpc) is 3.42. The van der Waals surface area contributed by atoms with E-state index in [1.165, 1.54) is 23.5 Å². The van der Waals surface area contributed by atoms with Gasteiger partial charge in [0.25, 0.3) is 5.91 Å². The van der Waals surface area contributed by atoms with Crippen LogP contribution < -0.4 is 10.6 Å². The van der Waals surface area contributed by atoms with Crippen LogP contribution in [-0.2, 0) is 15.1 Å². The highest BCUT2D eigenvalue weighted by Crippen LogP contribution is 2.32. The predicted molar refractivity (Wildman–Crippen MR) is 119 cm³/mol. The van der Waals surface area contributed by atoms with Crippen LogP contribution in [0.1, 0.15) is 35.4 Å². The Bertz CT molecular complexity index is 1120. The molecule has 1 aromatic heterocycles. The van der Waals surface area contributed by atoms with Gasteiger partial charge in [0.15, 0.2) is 0 Å². The molecule has 6 nitrogen and oxygen atoms in total. The maximum Gasteiger partial charge on any atom is 0.325 e. The second kappa shape index (κ2) is 8.92. The van der Waals surface area contributed by atoms with E-state index >= 15 is 0 Å². The molecule has 0 saturated carbocycles. The number of hydrogen-bond acceptors (Lipinski definition) is 4. The maximum absolute atomic E-state index is 13.4. The molecule has 2 N–H and O–H groups in total. The number of nitrogens with zero attached hydrogens (tertiary/aromatic N) is 1. The van der Waals surface area contributed by atoms with Gasteiger partial charge in [-0.25, -0.2) is 9.18 Å². The van der Waals surface area contributed by atoms with Crippen molar-refractivity contribution in [2.24, 2.45) is 0 Å². The molecule has 0 unspecified atom stereocenters. The lowest BCUT2D eigenvalue weighted by atomic mass is 9.87. The molecule has 164 valence electrons. The summed E-state index contributed by atoms with van der Waals surface area (Å²) in [6, 6.07) is 17.5. The molecule has 1 aliphatic heterocycles. The number of rotatable bonds is 7. The van der Waals surface area contributed by atoms with E-state index in [0.29, 0.717) is 17.5 Å². The smallest absolute Gasteiger partial charge is 0.325 e. The SMILES string of the molecule is CC[C@@]1(c2ccccc2)NC(=O)N(CC(=O)N[C@H](c2ccc(F)cc2)c2cccs2)C1=O. The van der Waals surface area contributed by atoms with Crippen molar-refractivity contribution in [3.63, 3.8) is 0 Å². The third-order valence-electron chi connectivity index (χ3n) is 5.61. The Kier molecular flexibility index (Phi) is 6.05. The van der Waals surface area contributed by atoms with E-state index < -0.39 is 36.0 Å². The van der Waals surface area contributed by atoms with Gasteiger partial charge < -0.3 is 10.6 Å². The monoisotopic (exact) mass is 451 g/mol. The van der Waals surface area contributed by atoms with Crippen LogP contribution in [-0.4, -0.2) is 29.3 Å². The lowest BCUT2D eigenvalue weighted by Gasteiger charge is -2.26. The molecule has 4 rings (SSSR count). The zero-order chi connectivity index (χ0) is 22.7. The Morgan fingerprint density at radius 2 is 1.81 bits per heavy atom. The summed E-state index contributed by atoms with van der Waals surface area (Å²) >= 11 is 1.45. The highest BCUT2D eigenvalue weighted by Gasteiger charge is 2.51. The fourth-order valence-corrected chi connectivity index (χ4v) is 4.71. The van der Waals surface area contributed by atoms with Crippen LogP contribution in [0.5, 0.6) is 0 Å². The molecule has 2 aromatic carbocycles. The number of thiophene rings is 1. The lowest BCUT2D eigenvalue weighted by molar-refractivity contribution is -0.135. The van der Waals surface area contributed by atoms with Gasteiger partial charge in [0.1, 0.15) is 17.9 Å². The van der Waals surface area contributed by atoms with Crippen molar-refractivity contribution in [2.75, 3.05) is 6.54 Å². The molecule has 1 aliphatic rings. The molecule has 4 amide bonds. The maximum atomic E-state index is 13.4. The molecule has 0 bridgehead atoms. The van der Waals surface area contributed by atoms with E-state index in [9.17, 15) is 18.8 Å². The molecular weight excluding hydrogens is 429 g/mol. The van der Waals surface area contributed by atoms with E-state index in [0.717, 1.165) is 9.78 Å². The number of halogens is 1. The molecule has 0 spiro atoms.